The van der Waals surface area contributed by atoms with Crippen LogP contribution in [0.4, 0.5) is 0 Å². The van der Waals surface area contributed by atoms with Crippen molar-refractivity contribution in [2.75, 3.05) is 0 Å². The van der Waals surface area contributed by atoms with Gasteiger partial charge in [-0.3, -0.25) is 0 Å². The predicted molar refractivity (Wildman–Crippen MR) is 48.4 cm³/mol. The largest absolute Gasteiger partial charge is 0.0767 e. The van der Waals surface area contributed by atoms with Crippen LogP contribution in [0.5, 0.6) is 0 Å². The molecule has 0 saturated carbocycles. The number of hydrogen-bond acceptors (Lipinski definition) is 0. The predicted octanol–water partition coefficient (Wildman–Crippen LogP) is 3.37. The van der Waals surface area contributed by atoms with Gasteiger partial charge in [0.05, 0.1) is 0 Å². The minimum absolute atomic E-state index is 1.21. The third-order valence-electron chi connectivity index (χ3n) is 2.60. The van der Waals surface area contributed by atoms with Gasteiger partial charge in [0.1, 0.15) is 0 Å². The Labute approximate surface area is 68.3 Å². The molecule has 0 amide bonds. The molecule has 0 nitrogen and oxygen atoms in total. The van der Waals surface area contributed by atoms with Crippen molar-refractivity contribution >= 4 is 0 Å². The van der Waals surface area contributed by atoms with Crippen molar-refractivity contribution in [2.24, 2.45) is 0 Å². The highest BCUT2D eigenvalue weighted by Crippen LogP contribution is 2.36. The van der Waals surface area contributed by atoms with E-state index in [9.17, 15) is 0 Å². The second-order valence-electron chi connectivity index (χ2n) is 3.62. The van der Waals surface area contributed by atoms with Gasteiger partial charge in [0.15, 0.2) is 0 Å². The first-order valence-corrected chi connectivity index (χ1v) is 4.33. The molecule has 0 aromatic rings. The molecule has 0 bridgehead atoms. The second-order valence-corrected chi connectivity index (χ2v) is 3.62. The molecule has 2 aliphatic carbocycles. The first-order valence-electron chi connectivity index (χ1n) is 4.33. The van der Waals surface area contributed by atoms with Gasteiger partial charge in [-0.15, -0.1) is 0 Å². The highest BCUT2D eigenvalue weighted by atomic mass is 14.2. The maximum Gasteiger partial charge on any atom is -0.00613 e. The van der Waals surface area contributed by atoms with Crippen molar-refractivity contribution in [3.63, 3.8) is 0 Å². The van der Waals surface area contributed by atoms with Crippen molar-refractivity contribution in [2.45, 2.75) is 33.1 Å². The average Bonchev–Trinajstić information content (AvgIpc) is 2.31. The van der Waals surface area contributed by atoms with E-state index in [1.807, 2.05) is 0 Å². The van der Waals surface area contributed by atoms with E-state index in [1.165, 1.54) is 30.4 Å². The Bertz CT molecular complexity index is 274. The molecule has 0 saturated heterocycles. The zero-order chi connectivity index (χ0) is 7.84. The summed E-state index contributed by atoms with van der Waals surface area (Å²) < 4.78 is 0. The molecule has 0 aromatic heterocycles. The van der Waals surface area contributed by atoms with Crippen LogP contribution >= 0.6 is 0 Å². The van der Waals surface area contributed by atoms with E-state index >= 15 is 0 Å². The molecule has 2 aliphatic rings. The molecule has 58 valence electrons. The normalized spacial score (nSPS) is 23.1. The molecular formula is C11H14. The molecule has 0 aromatic carbocycles. The van der Waals surface area contributed by atoms with Gasteiger partial charge < -0.3 is 0 Å². The van der Waals surface area contributed by atoms with Crippen molar-refractivity contribution < 1.29 is 0 Å². The van der Waals surface area contributed by atoms with Gasteiger partial charge >= 0.3 is 0 Å². The molecule has 0 heterocycles. The Kier molecular flexibility index (Phi) is 1.49. The lowest BCUT2D eigenvalue weighted by atomic mass is 9.93. The Morgan fingerprint density at radius 1 is 1.27 bits per heavy atom. The quantitative estimate of drug-likeness (QED) is 0.491. The van der Waals surface area contributed by atoms with Gasteiger partial charge in [0.2, 0.25) is 0 Å². The third-order valence-corrected chi connectivity index (χ3v) is 2.60. The van der Waals surface area contributed by atoms with Crippen LogP contribution in [0.2, 0.25) is 0 Å². The standard InChI is InChI=1S/C11H14/c1-8-6-10-5-3-4-9(2)11(10)7-8/h5-6H,3-4,7H2,1-2H3. The van der Waals surface area contributed by atoms with Crippen LogP contribution in [-0.2, 0) is 0 Å². The molecule has 0 radical (unpaired) electrons. The van der Waals surface area contributed by atoms with E-state index in [2.05, 4.69) is 26.0 Å². The topological polar surface area (TPSA) is 0 Å². The monoisotopic (exact) mass is 146 g/mol. The summed E-state index contributed by atoms with van der Waals surface area (Å²) in [5, 5.41) is 0. The summed E-state index contributed by atoms with van der Waals surface area (Å²) in [4.78, 5) is 0. The molecule has 0 atom stereocenters. The Morgan fingerprint density at radius 2 is 2.09 bits per heavy atom. The zero-order valence-electron chi connectivity index (χ0n) is 7.28. The molecule has 0 heteroatoms. The Morgan fingerprint density at radius 3 is 2.82 bits per heavy atom. The van der Waals surface area contributed by atoms with Gasteiger partial charge in [-0.25, -0.2) is 0 Å². The first-order chi connectivity index (χ1) is 5.27. The SMILES string of the molecule is CC1=CC2=CCCC(C)=C2C1. The summed E-state index contributed by atoms with van der Waals surface area (Å²) >= 11 is 0. The van der Waals surface area contributed by atoms with E-state index in [0.29, 0.717) is 0 Å². The summed E-state index contributed by atoms with van der Waals surface area (Å²) in [6, 6.07) is 0. The van der Waals surface area contributed by atoms with Gasteiger partial charge in [-0.05, 0) is 44.3 Å². The van der Waals surface area contributed by atoms with Crippen LogP contribution in [0.15, 0.2) is 34.4 Å². The minimum Gasteiger partial charge on any atom is -0.0767 e. The van der Waals surface area contributed by atoms with E-state index in [4.69, 9.17) is 0 Å². The molecule has 0 aliphatic heterocycles. The maximum absolute atomic E-state index is 2.37. The summed E-state index contributed by atoms with van der Waals surface area (Å²) in [6.07, 6.45) is 8.43. The van der Waals surface area contributed by atoms with E-state index in [1.54, 1.807) is 11.1 Å². The fourth-order valence-electron chi connectivity index (χ4n) is 1.96. The Hall–Kier alpha value is -0.780. The van der Waals surface area contributed by atoms with Crippen molar-refractivity contribution in [1.82, 2.24) is 0 Å². The molecule has 0 spiro atoms. The number of fused-ring (bicyclic) bond motifs is 1. The van der Waals surface area contributed by atoms with Crippen LogP contribution < -0.4 is 0 Å². The van der Waals surface area contributed by atoms with Crippen molar-refractivity contribution in [3.8, 4) is 0 Å². The van der Waals surface area contributed by atoms with Gasteiger partial charge in [-0.2, -0.15) is 0 Å². The average molecular weight is 146 g/mol. The number of allylic oxidation sites excluding steroid dienone is 6. The molecule has 0 N–H and O–H groups in total. The van der Waals surface area contributed by atoms with Crippen LogP contribution in [0.1, 0.15) is 33.1 Å². The third kappa shape index (κ3) is 1.07. The maximum atomic E-state index is 2.37. The van der Waals surface area contributed by atoms with Crippen LogP contribution in [-0.4, -0.2) is 0 Å². The molecular weight excluding hydrogens is 132 g/mol. The fourth-order valence-corrected chi connectivity index (χ4v) is 1.96. The summed E-state index contributed by atoms with van der Waals surface area (Å²) in [5.74, 6) is 0. The fraction of sp³-hybridized carbons (Fsp3) is 0.455. The lowest BCUT2D eigenvalue weighted by Gasteiger charge is -2.12. The number of hydrogen-bond donors (Lipinski definition) is 0. The summed E-state index contributed by atoms with van der Waals surface area (Å²) in [7, 11) is 0. The van der Waals surface area contributed by atoms with E-state index in [0.717, 1.165) is 0 Å². The lowest BCUT2D eigenvalue weighted by Crippen LogP contribution is -1.93. The smallest absolute Gasteiger partial charge is 0.00613 e. The van der Waals surface area contributed by atoms with Gasteiger partial charge in [0, 0.05) is 0 Å². The molecule has 11 heavy (non-hydrogen) atoms. The van der Waals surface area contributed by atoms with Crippen molar-refractivity contribution in [1.29, 1.82) is 0 Å². The Balaban J connectivity index is 2.43. The first kappa shape index (κ1) is 6.90. The minimum atomic E-state index is 1.21. The summed E-state index contributed by atoms with van der Waals surface area (Å²) in [6.45, 7) is 4.49. The molecule has 0 fully saturated rings. The zero-order valence-corrected chi connectivity index (χ0v) is 7.28. The van der Waals surface area contributed by atoms with Crippen LogP contribution in [0.3, 0.4) is 0 Å². The van der Waals surface area contributed by atoms with Gasteiger partial charge in [0.25, 0.3) is 0 Å². The number of rotatable bonds is 0. The van der Waals surface area contributed by atoms with Crippen LogP contribution in [0.25, 0.3) is 0 Å². The van der Waals surface area contributed by atoms with E-state index in [-0.39, 0.29) is 0 Å². The molecule has 2 rings (SSSR count). The summed E-state index contributed by atoms with van der Waals surface area (Å²) in [5.41, 5.74) is 6.24. The lowest BCUT2D eigenvalue weighted by molar-refractivity contribution is 0.918. The van der Waals surface area contributed by atoms with Crippen molar-refractivity contribution in [3.05, 3.63) is 34.4 Å². The highest BCUT2D eigenvalue weighted by Gasteiger charge is 2.16. The second kappa shape index (κ2) is 2.37. The van der Waals surface area contributed by atoms with Crippen LogP contribution in [0, 0.1) is 0 Å². The highest BCUT2D eigenvalue weighted by molar-refractivity contribution is 5.52. The van der Waals surface area contributed by atoms with Gasteiger partial charge in [-0.1, -0.05) is 23.3 Å². The molecule has 0 unspecified atom stereocenters. The van der Waals surface area contributed by atoms with E-state index < -0.39 is 0 Å².